The first-order valence-corrected chi connectivity index (χ1v) is 6.37. The molecule has 0 unspecified atom stereocenters. The number of carbonyl (C=O) groups is 1. The summed E-state index contributed by atoms with van der Waals surface area (Å²) < 4.78 is 4.94. The van der Waals surface area contributed by atoms with Crippen molar-refractivity contribution in [2.24, 2.45) is 0 Å². The zero-order chi connectivity index (χ0) is 14.1. The molecule has 4 heteroatoms. The maximum atomic E-state index is 11.5. The summed E-state index contributed by atoms with van der Waals surface area (Å²) >= 11 is 0. The minimum absolute atomic E-state index is 0.0411. The van der Waals surface area contributed by atoms with Crippen molar-refractivity contribution in [3.63, 3.8) is 0 Å². The highest BCUT2D eigenvalue weighted by atomic mass is 16.5. The molecule has 0 aromatic heterocycles. The van der Waals surface area contributed by atoms with Crippen LogP contribution in [0.1, 0.15) is 18.1 Å². The number of hydrogen-bond acceptors (Lipinski definition) is 4. The molecule has 0 atom stereocenters. The van der Waals surface area contributed by atoms with E-state index < -0.39 is 0 Å². The Kier molecular flexibility index (Phi) is 6.85. The summed E-state index contributed by atoms with van der Waals surface area (Å²) in [5.74, 6) is -0.226. The molecule has 0 saturated carbocycles. The van der Waals surface area contributed by atoms with E-state index in [1.54, 1.807) is 13.0 Å². The third-order valence-corrected chi connectivity index (χ3v) is 2.66. The summed E-state index contributed by atoms with van der Waals surface area (Å²) in [4.78, 5) is 13.4. The van der Waals surface area contributed by atoms with Crippen LogP contribution in [0.5, 0.6) is 0 Å². The van der Waals surface area contributed by atoms with E-state index in [0.717, 1.165) is 11.1 Å². The van der Waals surface area contributed by atoms with Gasteiger partial charge in [0, 0.05) is 13.1 Å². The molecule has 19 heavy (non-hydrogen) atoms. The Labute approximate surface area is 114 Å². The second-order valence-electron chi connectivity index (χ2n) is 4.24. The molecule has 1 aromatic rings. The number of nitrogens with zero attached hydrogens (tertiary/aromatic N) is 1. The lowest BCUT2D eigenvalue weighted by molar-refractivity contribution is -0.144. The summed E-state index contributed by atoms with van der Waals surface area (Å²) in [5.41, 5.74) is 1.97. The van der Waals surface area contributed by atoms with Crippen molar-refractivity contribution in [1.82, 2.24) is 4.90 Å². The molecule has 0 fully saturated rings. The Morgan fingerprint density at radius 1 is 1.37 bits per heavy atom. The molecule has 0 bridgehead atoms. The van der Waals surface area contributed by atoms with Crippen LogP contribution >= 0.6 is 0 Å². The topological polar surface area (TPSA) is 49.8 Å². The number of esters is 1. The van der Waals surface area contributed by atoms with Crippen LogP contribution in [0.3, 0.4) is 0 Å². The van der Waals surface area contributed by atoms with E-state index in [-0.39, 0.29) is 19.1 Å². The van der Waals surface area contributed by atoms with Crippen molar-refractivity contribution in [3.8, 4) is 0 Å². The molecule has 0 spiro atoms. The van der Waals surface area contributed by atoms with Gasteiger partial charge in [-0.15, -0.1) is 6.58 Å². The Morgan fingerprint density at radius 2 is 2.00 bits per heavy atom. The van der Waals surface area contributed by atoms with Gasteiger partial charge in [0.15, 0.2) is 0 Å². The first-order valence-electron chi connectivity index (χ1n) is 6.37. The van der Waals surface area contributed by atoms with Gasteiger partial charge in [-0.05, 0) is 18.1 Å². The fourth-order valence-electron chi connectivity index (χ4n) is 1.77. The Hall–Kier alpha value is -1.65. The highest BCUT2D eigenvalue weighted by Crippen LogP contribution is 2.08. The van der Waals surface area contributed by atoms with Crippen molar-refractivity contribution >= 4 is 5.97 Å². The Morgan fingerprint density at radius 3 is 2.53 bits per heavy atom. The second kappa shape index (κ2) is 8.45. The van der Waals surface area contributed by atoms with Crippen molar-refractivity contribution in [1.29, 1.82) is 0 Å². The number of benzene rings is 1. The summed E-state index contributed by atoms with van der Waals surface area (Å²) in [5, 5.41) is 8.99. The van der Waals surface area contributed by atoms with E-state index in [1.807, 2.05) is 29.2 Å². The maximum Gasteiger partial charge on any atom is 0.320 e. The van der Waals surface area contributed by atoms with E-state index in [9.17, 15) is 4.79 Å². The molecule has 0 radical (unpaired) electrons. The minimum Gasteiger partial charge on any atom is -0.465 e. The zero-order valence-corrected chi connectivity index (χ0v) is 11.3. The number of aliphatic hydroxyl groups is 1. The monoisotopic (exact) mass is 263 g/mol. The number of ether oxygens (including phenoxy) is 1. The lowest BCUT2D eigenvalue weighted by atomic mass is 10.1. The van der Waals surface area contributed by atoms with Gasteiger partial charge in [-0.2, -0.15) is 0 Å². The molecular weight excluding hydrogens is 242 g/mol. The molecule has 0 heterocycles. The van der Waals surface area contributed by atoms with Gasteiger partial charge in [0.05, 0.1) is 19.8 Å². The van der Waals surface area contributed by atoms with Crippen LogP contribution in [0, 0.1) is 0 Å². The predicted octanol–water partition coefficient (Wildman–Crippen LogP) is 1.73. The van der Waals surface area contributed by atoms with Gasteiger partial charge >= 0.3 is 5.97 Å². The van der Waals surface area contributed by atoms with E-state index in [4.69, 9.17) is 9.84 Å². The SMILES string of the molecule is C=CCN(CC(=O)OCC)Cc1ccc(CO)cc1. The van der Waals surface area contributed by atoms with Gasteiger partial charge < -0.3 is 9.84 Å². The molecule has 1 N–H and O–H groups in total. The highest BCUT2D eigenvalue weighted by molar-refractivity contribution is 5.71. The van der Waals surface area contributed by atoms with Gasteiger partial charge in [0.25, 0.3) is 0 Å². The van der Waals surface area contributed by atoms with Crippen molar-refractivity contribution < 1.29 is 14.6 Å². The van der Waals surface area contributed by atoms with Crippen LogP contribution in [0.2, 0.25) is 0 Å². The quantitative estimate of drug-likeness (QED) is 0.573. The summed E-state index contributed by atoms with van der Waals surface area (Å²) in [6.07, 6.45) is 1.77. The van der Waals surface area contributed by atoms with Crippen molar-refractivity contribution in [2.75, 3.05) is 19.7 Å². The summed E-state index contributed by atoms with van der Waals surface area (Å²) in [6, 6.07) is 7.66. The predicted molar refractivity (Wildman–Crippen MR) is 74.5 cm³/mol. The standard InChI is InChI=1S/C15H21NO3/c1-3-9-16(11-15(18)19-4-2)10-13-5-7-14(12-17)8-6-13/h3,5-8,17H,1,4,9-12H2,2H3. The third-order valence-electron chi connectivity index (χ3n) is 2.66. The van der Waals surface area contributed by atoms with E-state index in [1.165, 1.54) is 0 Å². The Balaban J connectivity index is 2.60. The molecule has 104 valence electrons. The number of aliphatic hydroxyl groups excluding tert-OH is 1. The zero-order valence-electron chi connectivity index (χ0n) is 11.3. The maximum absolute atomic E-state index is 11.5. The summed E-state index contributed by atoms with van der Waals surface area (Å²) in [7, 11) is 0. The third kappa shape index (κ3) is 5.68. The van der Waals surface area contributed by atoms with Crippen LogP contribution in [-0.2, 0) is 22.7 Å². The van der Waals surface area contributed by atoms with Gasteiger partial charge in [-0.25, -0.2) is 0 Å². The van der Waals surface area contributed by atoms with Gasteiger partial charge in [-0.1, -0.05) is 30.3 Å². The molecule has 1 rings (SSSR count). The smallest absolute Gasteiger partial charge is 0.320 e. The summed E-state index contributed by atoms with van der Waals surface area (Å²) in [6.45, 7) is 7.45. The normalized spacial score (nSPS) is 10.5. The first kappa shape index (κ1) is 15.4. The van der Waals surface area contributed by atoms with Gasteiger partial charge in [0.1, 0.15) is 0 Å². The molecule has 0 aliphatic rings. The fourth-order valence-corrected chi connectivity index (χ4v) is 1.77. The van der Waals surface area contributed by atoms with Crippen LogP contribution in [0.15, 0.2) is 36.9 Å². The largest absolute Gasteiger partial charge is 0.465 e. The average Bonchev–Trinajstić information content (AvgIpc) is 2.40. The van der Waals surface area contributed by atoms with Crippen molar-refractivity contribution in [2.45, 2.75) is 20.1 Å². The fraction of sp³-hybridized carbons (Fsp3) is 0.400. The van der Waals surface area contributed by atoms with Gasteiger partial charge in [0.2, 0.25) is 0 Å². The molecule has 0 aliphatic heterocycles. The van der Waals surface area contributed by atoms with Crippen LogP contribution in [0.4, 0.5) is 0 Å². The lowest BCUT2D eigenvalue weighted by Gasteiger charge is -2.19. The highest BCUT2D eigenvalue weighted by Gasteiger charge is 2.10. The van der Waals surface area contributed by atoms with E-state index in [0.29, 0.717) is 19.7 Å². The van der Waals surface area contributed by atoms with E-state index >= 15 is 0 Å². The van der Waals surface area contributed by atoms with Crippen LogP contribution < -0.4 is 0 Å². The molecule has 0 aliphatic carbocycles. The van der Waals surface area contributed by atoms with Crippen molar-refractivity contribution in [3.05, 3.63) is 48.0 Å². The Bertz CT molecular complexity index is 400. The van der Waals surface area contributed by atoms with Crippen LogP contribution in [-0.4, -0.2) is 35.7 Å². The molecule has 1 aromatic carbocycles. The average molecular weight is 263 g/mol. The van der Waals surface area contributed by atoms with Crippen LogP contribution in [0.25, 0.3) is 0 Å². The number of carbonyl (C=O) groups excluding carboxylic acids is 1. The second-order valence-corrected chi connectivity index (χ2v) is 4.24. The molecule has 4 nitrogen and oxygen atoms in total. The molecule has 0 saturated heterocycles. The minimum atomic E-state index is -0.226. The van der Waals surface area contributed by atoms with E-state index in [2.05, 4.69) is 6.58 Å². The molecular formula is C15H21NO3. The lowest BCUT2D eigenvalue weighted by Crippen LogP contribution is -2.30. The molecule has 0 amide bonds. The van der Waals surface area contributed by atoms with Gasteiger partial charge in [-0.3, -0.25) is 9.69 Å². The first-order chi connectivity index (χ1) is 9.19. The number of hydrogen-bond donors (Lipinski definition) is 1. The number of rotatable bonds is 8.